The Morgan fingerprint density at radius 1 is 1.35 bits per heavy atom. The molecule has 0 aliphatic heterocycles. The Bertz CT molecular complexity index is 458. The predicted octanol–water partition coefficient (Wildman–Crippen LogP) is 2.97. The van der Waals surface area contributed by atoms with Crippen molar-refractivity contribution in [1.29, 1.82) is 5.26 Å². The molecule has 0 aromatic heterocycles. The van der Waals surface area contributed by atoms with Crippen molar-refractivity contribution in [3.05, 3.63) is 41.0 Å². The number of hydrogen-bond donors (Lipinski definition) is 1. The average Bonchev–Trinajstić information content (AvgIpc) is 2.28. The zero-order valence-corrected chi connectivity index (χ0v) is 8.83. The minimum atomic E-state index is -4.54. The van der Waals surface area contributed by atoms with Gasteiger partial charge in [0.2, 0.25) is 0 Å². The van der Waals surface area contributed by atoms with Crippen molar-refractivity contribution in [3.63, 3.8) is 0 Å². The van der Waals surface area contributed by atoms with E-state index in [1.165, 1.54) is 18.2 Å². The molecule has 0 aliphatic carbocycles. The first-order chi connectivity index (χ1) is 7.99. The third-order valence-electron chi connectivity index (χ3n) is 2.08. The van der Waals surface area contributed by atoms with Gasteiger partial charge in [-0.15, -0.1) is 0 Å². The van der Waals surface area contributed by atoms with Crippen LogP contribution in [0.2, 0.25) is 0 Å². The van der Waals surface area contributed by atoms with E-state index in [4.69, 9.17) is 10.4 Å². The van der Waals surface area contributed by atoms with Gasteiger partial charge in [0.15, 0.2) is 0 Å². The summed E-state index contributed by atoms with van der Waals surface area (Å²) in [6, 6.07) is 5.01. The predicted molar refractivity (Wildman–Crippen MR) is 56.9 cm³/mol. The van der Waals surface area contributed by atoms with Crippen molar-refractivity contribution in [2.45, 2.75) is 12.6 Å². The summed E-state index contributed by atoms with van der Waals surface area (Å²) in [6.07, 6.45) is -1.11. The highest BCUT2D eigenvalue weighted by molar-refractivity contribution is 5.54. The van der Waals surface area contributed by atoms with Crippen LogP contribution in [-0.4, -0.2) is 11.7 Å². The molecule has 0 bridgehead atoms. The molecule has 1 aromatic rings. The van der Waals surface area contributed by atoms with Crippen LogP contribution < -0.4 is 0 Å². The standard InChI is InChI=1S/C12H10F3NO/c13-12(14,15)11-7-9(3-1-2-6-17)4-5-10(11)8-16/h1,3-5,7,17H,2,6H2. The van der Waals surface area contributed by atoms with Crippen LogP contribution in [0.4, 0.5) is 13.2 Å². The molecule has 0 heterocycles. The summed E-state index contributed by atoms with van der Waals surface area (Å²) in [5.74, 6) is 0. The second kappa shape index (κ2) is 5.51. The van der Waals surface area contributed by atoms with Crippen molar-refractivity contribution in [2.24, 2.45) is 0 Å². The third-order valence-corrected chi connectivity index (χ3v) is 2.08. The van der Waals surface area contributed by atoms with E-state index < -0.39 is 17.3 Å². The molecule has 0 unspecified atom stereocenters. The SMILES string of the molecule is N#Cc1ccc(C=CCCO)cc1C(F)(F)F. The Kier molecular flexibility index (Phi) is 4.30. The Morgan fingerprint density at radius 2 is 2.06 bits per heavy atom. The van der Waals surface area contributed by atoms with E-state index in [0.29, 0.717) is 12.0 Å². The zero-order valence-electron chi connectivity index (χ0n) is 8.83. The van der Waals surface area contributed by atoms with Crippen molar-refractivity contribution in [1.82, 2.24) is 0 Å². The number of aliphatic hydroxyl groups excluding tert-OH is 1. The van der Waals surface area contributed by atoms with Gasteiger partial charge in [0.05, 0.1) is 17.2 Å². The summed E-state index contributed by atoms with van der Waals surface area (Å²) in [6.45, 7) is -0.0566. The van der Waals surface area contributed by atoms with Gasteiger partial charge >= 0.3 is 6.18 Å². The molecule has 0 atom stereocenters. The minimum Gasteiger partial charge on any atom is -0.396 e. The Morgan fingerprint density at radius 3 is 2.59 bits per heavy atom. The molecule has 5 heteroatoms. The topological polar surface area (TPSA) is 44.0 Å². The molecular weight excluding hydrogens is 231 g/mol. The van der Waals surface area contributed by atoms with Crippen LogP contribution in [0.15, 0.2) is 24.3 Å². The molecule has 90 valence electrons. The van der Waals surface area contributed by atoms with E-state index in [9.17, 15) is 13.2 Å². The van der Waals surface area contributed by atoms with E-state index in [2.05, 4.69) is 0 Å². The summed E-state index contributed by atoms with van der Waals surface area (Å²) in [5, 5.41) is 17.1. The van der Waals surface area contributed by atoms with Gasteiger partial charge in [-0.25, -0.2) is 0 Å². The van der Waals surface area contributed by atoms with Gasteiger partial charge in [0.25, 0.3) is 0 Å². The van der Waals surface area contributed by atoms with E-state index in [1.807, 2.05) is 0 Å². The number of rotatable bonds is 3. The summed E-state index contributed by atoms with van der Waals surface area (Å²) >= 11 is 0. The monoisotopic (exact) mass is 241 g/mol. The fraction of sp³-hybridized carbons (Fsp3) is 0.250. The van der Waals surface area contributed by atoms with Gasteiger partial charge in [-0.05, 0) is 24.1 Å². The normalized spacial score (nSPS) is 11.7. The molecule has 0 fully saturated rings. The molecule has 0 aliphatic rings. The van der Waals surface area contributed by atoms with E-state index in [-0.39, 0.29) is 6.61 Å². The van der Waals surface area contributed by atoms with Crippen LogP contribution in [0.3, 0.4) is 0 Å². The van der Waals surface area contributed by atoms with E-state index in [0.717, 1.165) is 12.1 Å². The maximum absolute atomic E-state index is 12.6. The number of halogens is 3. The van der Waals surface area contributed by atoms with Crippen molar-refractivity contribution < 1.29 is 18.3 Å². The smallest absolute Gasteiger partial charge is 0.396 e. The molecule has 0 radical (unpaired) electrons. The lowest BCUT2D eigenvalue weighted by Crippen LogP contribution is -2.07. The van der Waals surface area contributed by atoms with Crippen LogP contribution in [0, 0.1) is 11.3 Å². The number of alkyl halides is 3. The van der Waals surface area contributed by atoms with Gasteiger partial charge in [-0.2, -0.15) is 18.4 Å². The average molecular weight is 241 g/mol. The van der Waals surface area contributed by atoms with Gasteiger partial charge in [-0.3, -0.25) is 0 Å². The lowest BCUT2D eigenvalue weighted by atomic mass is 10.0. The highest BCUT2D eigenvalue weighted by atomic mass is 19.4. The van der Waals surface area contributed by atoms with Crippen molar-refractivity contribution >= 4 is 6.08 Å². The maximum atomic E-state index is 12.6. The molecule has 0 saturated carbocycles. The van der Waals surface area contributed by atoms with Crippen LogP contribution in [0.5, 0.6) is 0 Å². The summed E-state index contributed by atoms with van der Waals surface area (Å²) in [5.41, 5.74) is -0.979. The first-order valence-corrected chi connectivity index (χ1v) is 4.88. The molecule has 17 heavy (non-hydrogen) atoms. The minimum absolute atomic E-state index is 0.0566. The molecular formula is C12H10F3NO. The lowest BCUT2D eigenvalue weighted by Gasteiger charge is -2.09. The molecule has 2 nitrogen and oxygen atoms in total. The van der Waals surface area contributed by atoms with Gasteiger partial charge in [-0.1, -0.05) is 18.2 Å². The second-order valence-electron chi connectivity index (χ2n) is 3.33. The fourth-order valence-electron chi connectivity index (χ4n) is 1.29. The summed E-state index contributed by atoms with van der Waals surface area (Å²) in [7, 11) is 0. The highest BCUT2D eigenvalue weighted by Crippen LogP contribution is 2.32. The summed E-state index contributed by atoms with van der Waals surface area (Å²) < 4.78 is 37.8. The highest BCUT2D eigenvalue weighted by Gasteiger charge is 2.33. The van der Waals surface area contributed by atoms with Crippen LogP contribution in [-0.2, 0) is 6.18 Å². The number of nitrogens with zero attached hydrogens (tertiary/aromatic N) is 1. The van der Waals surface area contributed by atoms with E-state index >= 15 is 0 Å². The Hall–Kier alpha value is -1.80. The van der Waals surface area contributed by atoms with Gasteiger partial charge < -0.3 is 5.11 Å². The second-order valence-corrected chi connectivity index (χ2v) is 3.33. The first-order valence-electron chi connectivity index (χ1n) is 4.88. The zero-order chi connectivity index (χ0) is 12.9. The van der Waals surface area contributed by atoms with Crippen LogP contribution in [0.1, 0.15) is 23.1 Å². The van der Waals surface area contributed by atoms with Crippen LogP contribution >= 0.6 is 0 Å². The molecule has 0 spiro atoms. The molecule has 0 saturated heterocycles. The summed E-state index contributed by atoms with van der Waals surface area (Å²) in [4.78, 5) is 0. The maximum Gasteiger partial charge on any atom is 0.417 e. The number of hydrogen-bond acceptors (Lipinski definition) is 2. The van der Waals surface area contributed by atoms with Crippen LogP contribution in [0.25, 0.3) is 6.08 Å². The molecule has 1 N–H and O–H groups in total. The largest absolute Gasteiger partial charge is 0.417 e. The van der Waals surface area contributed by atoms with E-state index in [1.54, 1.807) is 6.08 Å². The number of nitriles is 1. The lowest BCUT2D eigenvalue weighted by molar-refractivity contribution is -0.137. The van der Waals surface area contributed by atoms with Gasteiger partial charge in [0.1, 0.15) is 0 Å². The quantitative estimate of drug-likeness (QED) is 0.884. The fourth-order valence-corrected chi connectivity index (χ4v) is 1.29. The van der Waals surface area contributed by atoms with Gasteiger partial charge in [0, 0.05) is 6.61 Å². The number of aliphatic hydroxyl groups is 1. The Labute approximate surface area is 96.6 Å². The molecule has 1 aromatic carbocycles. The Balaban J connectivity index is 3.11. The molecule has 0 amide bonds. The van der Waals surface area contributed by atoms with Crippen molar-refractivity contribution in [2.75, 3.05) is 6.61 Å². The first kappa shape index (κ1) is 13.3. The third kappa shape index (κ3) is 3.61. The molecule has 1 rings (SSSR count). The number of benzene rings is 1. The van der Waals surface area contributed by atoms with Crippen molar-refractivity contribution in [3.8, 4) is 6.07 Å².